The van der Waals surface area contributed by atoms with Gasteiger partial charge in [-0.15, -0.1) is 0 Å². The molecule has 1 heterocycles. The summed E-state index contributed by atoms with van der Waals surface area (Å²) in [6.07, 6.45) is 0. The van der Waals surface area contributed by atoms with Gasteiger partial charge in [0.05, 0.1) is 15.9 Å². The van der Waals surface area contributed by atoms with Crippen LogP contribution in [-0.2, 0) is 0 Å². The smallest absolute Gasteiger partial charge is 0.222 e. The lowest BCUT2D eigenvalue weighted by atomic mass is 10.2. The third-order valence-electron chi connectivity index (χ3n) is 1.72. The van der Waals surface area contributed by atoms with E-state index in [-0.39, 0.29) is 5.95 Å². The molecule has 0 aliphatic carbocycles. The van der Waals surface area contributed by atoms with E-state index in [2.05, 4.69) is 9.97 Å². The van der Waals surface area contributed by atoms with Crippen molar-refractivity contribution >= 4 is 34.3 Å². The lowest BCUT2D eigenvalue weighted by molar-refractivity contribution is 1.25. The van der Waals surface area contributed by atoms with Gasteiger partial charge in [-0.1, -0.05) is 17.7 Å². The highest BCUT2D eigenvalue weighted by atomic mass is 35.5. The van der Waals surface area contributed by atoms with Crippen LogP contribution in [0.25, 0.3) is 10.9 Å². The Morgan fingerprint density at radius 3 is 2.69 bits per heavy atom. The van der Waals surface area contributed by atoms with E-state index in [1.54, 1.807) is 18.2 Å². The van der Waals surface area contributed by atoms with Gasteiger partial charge in [0.25, 0.3) is 0 Å². The van der Waals surface area contributed by atoms with Crippen LogP contribution >= 0.6 is 11.6 Å². The molecule has 66 valence electrons. The zero-order valence-electron chi connectivity index (χ0n) is 6.66. The zero-order valence-corrected chi connectivity index (χ0v) is 7.42. The second-order valence-electron chi connectivity index (χ2n) is 2.60. The van der Waals surface area contributed by atoms with Crippen LogP contribution in [-0.4, -0.2) is 9.97 Å². The van der Waals surface area contributed by atoms with Crippen molar-refractivity contribution in [3.05, 3.63) is 23.2 Å². The van der Waals surface area contributed by atoms with E-state index in [4.69, 9.17) is 23.1 Å². The van der Waals surface area contributed by atoms with Crippen LogP contribution in [0.4, 0.5) is 11.8 Å². The molecule has 0 aliphatic rings. The molecule has 0 saturated heterocycles. The molecule has 0 radical (unpaired) electrons. The topological polar surface area (TPSA) is 77.8 Å². The minimum Gasteiger partial charge on any atom is -0.383 e. The van der Waals surface area contributed by atoms with Crippen molar-refractivity contribution in [1.29, 1.82) is 0 Å². The SMILES string of the molecule is Nc1nc(N)c2c(Cl)cccc2n1. The largest absolute Gasteiger partial charge is 0.383 e. The second kappa shape index (κ2) is 2.74. The first-order valence-electron chi connectivity index (χ1n) is 3.65. The molecule has 2 aromatic rings. The lowest BCUT2D eigenvalue weighted by Gasteiger charge is -2.02. The average Bonchev–Trinajstić information content (AvgIpc) is 2.02. The number of nitrogens with two attached hydrogens (primary N) is 2. The number of aromatic nitrogens is 2. The van der Waals surface area contributed by atoms with Gasteiger partial charge in [-0.05, 0) is 12.1 Å². The van der Waals surface area contributed by atoms with Crippen molar-refractivity contribution in [1.82, 2.24) is 9.97 Å². The molecule has 4 nitrogen and oxygen atoms in total. The predicted molar refractivity (Wildman–Crippen MR) is 53.4 cm³/mol. The second-order valence-corrected chi connectivity index (χ2v) is 3.01. The minimum absolute atomic E-state index is 0.160. The first-order valence-corrected chi connectivity index (χ1v) is 4.03. The first kappa shape index (κ1) is 8.07. The van der Waals surface area contributed by atoms with Crippen molar-refractivity contribution in [2.75, 3.05) is 11.5 Å². The van der Waals surface area contributed by atoms with E-state index < -0.39 is 0 Å². The van der Waals surface area contributed by atoms with Crippen molar-refractivity contribution in [3.63, 3.8) is 0 Å². The average molecular weight is 195 g/mol. The standard InChI is InChI=1S/C8H7ClN4/c9-4-2-1-3-5-6(4)7(10)13-8(11)12-5/h1-3H,(H4,10,11,12,13). The van der Waals surface area contributed by atoms with Crippen LogP contribution in [0.5, 0.6) is 0 Å². The molecule has 0 atom stereocenters. The van der Waals surface area contributed by atoms with Gasteiger partial charge >= 0.3 is 0 Å². The molecule has 0 spiro atoms. The monoisotopic (exact) mass is 194 g/mol. The molecule has 2 rings (SSSR count). The van der Waals surface area contributed by atoms with E-state index in [9.17, 15) is 0 Å². The summed E-state index contributed by atoms with van der Waals surface area (Å²) in [6.45, 7) is 0. The molecule has 1 aromatic carbocycles. The fourth-order valence-corrected chi connectivity index (χ4v) is 1.45. The normalized spacial score (nSPS) is 10.5. The summed E-state index contributed by atoms with van der Waals surface area (Å²) in [5, 5.41) is 1.19. The fraction of sp³-hybridized carbons (Fsp3) is 0. The van der Waals surface area contributed by atoms with Crippen molar-refractivity contribution in [3.8, 4) is 0 Å². The van der Waals surface area contributed by atoms with Gasteiger partial charge in [-0.3, -0.25) is 0 Å². The summed E-state index contributed by atoms with van der Waals surface area (Å²) >= 11 is 5.91. The maximum atomic E-state index is 5.91. The molecule has 5 heteroatoms. The highest BCUT2D eigenvalue weighted by Gasteiger charge is 2.05. The van der Waals surface area contributed by atoms with Gasteiger partial charge in [0.1, 0.15) is 5.82 Å². The molecule has 4 N–H and O–H groups in total. The molecular formula is C8H7ClN4. The Hall–Kier alpha value is -1.55. The number of rotatable bonds is 0. The summed E-state index contributed by atoms with van der Waals surface area (Å²) in [5.74, 6) is 0.473. The van der Waals surface area contributed by atoms with Crippen LogP contribution in [0.2, 0.25) is 5.02 Å². The van der Waals surface area contributed by atoms with Gasteiger partial charge in [-0.2, -0.15) is 4.98 Å². The third kappa shape index (κ3) is 1.25. The Bertz CT molecular complexity index is 469. The molecule has 13 heavy (non-hydrogen) atoms. The Labute approximate surface area is 79.5 Å². The summed E-state index contributed by atoms with van der Waals surface area (Å²) in [5.41, 5.74) is 11.7. The van der Waals surface area contributed by atoms with Crippen molar-refractivity contribution < 1.29 is 0 Å². The number of nitrogens with zero attached hydrogens (tertiary/aromatic N) is 2. The zero-order chi connectivity index (χ0) is 9.42. The fourth-order valence-electron chi connectivity index (χ4n) is 1.19. The van der Waals surface area contributed by atoms with Gasteiger partial charge in [-0.25, -0.2) is 4.98 Å². The quantitative estimate of drug-likeness (QED) is 0.666. The van der Waals surface area contributed by atoms with Crippen LogP contribution < -0.4 is 11.5 Å². The molecule has 0 bridgehead atoms. The molecule has 0 saturated carbocycles. The Morgan fingerprint density at radius 1 is 1.15 bits per heavy atom. The van der Waals surface area contributed by atoms with Crippen molar-refractivity contribution in [2.45, 2.75) is 0 Å². The maximum Gasteiger partial charge on any atom is 0.222 e. The lowest BCUT2D eigenvalue weighted by Crippen LogP contribution is -2.00. The Balaban J connectivity index is 2.94. The number of anilines is 2. The Morgan fingerprint density at radius 2 is 1.92 bits per heavy atom. The van der Waals surface area contributed by atoms with Gasteiger partial charge in [0, 0.05) is 0 Å². The number of hydrogen-bond acceptors (Lipinski definition) is 4. The molecular weight excluding hydrogens is 188 g/mol. The van der Waals surface area contributed by atoms with Crippen LogP contribution in [0.3, 0.4) is 0 Å². The van der Waals surface area contributed by atoms with E-state index in [1.807, 2.05) is 0 Å². The predicted octanol–water partition coefficient (Wildman–Crippen LogP) is 1.45. The molecule has 0 unspecified atom stereocenters. The van der Waals surface area contributed by atoms with Crippen LogP contribution in [0.15, 0.2) is 18.2 Å². The molecule has 0 fully saturated rings. The third-order valence-corrected chi connectivity index (χ3v) is 2.03. The maximum absolute atomic E-state index is 5.91. The molecule has 1 aromatic heterocycles. The summed E-state index contributed by atoms with van der Waals surface area (Å²) in [7, 11) is 0. The number of nitrogen functional groups attached to an aromatic ring is 2. The highest BCUT2D eigenvalue weighted by molar-refractivity contribution is 6.36. The van der Waals surface area contributed by atoms with Gasteiger partial charge in [0.15, 0.2) is 0 Å². The number of hydrogen-bond donors (Lipinski definition) is 2. The minimum atomic E-state index is 0.160. The number of fused-ring (bicyclic) bond motifs is 1. The Kier molecular flexibility index (Phi) is 1.70. The molecule has 0 amide bonds. The van der Waals surface area contributed by atoms with E-state index in [1.165, 1.54) is 0 Å². The van der Waals surface area contributed by atoms with E-state index in [0.29, 0.717) is 21.7 Å². The van der Waals surface area contributed by atoms with Crippen LogP contribution in [0.1, 0.15) is 0 Å². The van der Waals surface area contributed by atoms with E-state index >= 15 is 0 Å². The van der Waals surface area contributed by atoms with Crippen molar-refractivity contribution in [2.24, 2.45) is 0 Å². The first-order chi connectivity index (χ1) is 6.18. The number of halogens is 1. The van der Waals surface area contributed by atoms with Gasteiger partial charge < -0.3 is 11.5 Å². The van der Waals surface area contributed by atoms with E-state index in [0.717, 1.165) is 0 Å². The summed E-state index contributed by atoms with van der Waals surface area (Å²) in [4.78, 5) is 7.82. The number of benzene rings is 1. The van der Waals surface area contributed by atoms with Gasteiger partial charge in [0.2, 0.25) is 5.95 Å². The summed E-state index contributed by atoms with van der Waals surface area (Å²) in [6, 6.07) is 5.31. The molecule has 0 aliphatic heterocycles. The highest BCUT2D eigenvalue weighted by Crippen LogP contribution is 2.26. The van der Waals surface area contributed by atoms with Crippen LogP contribution in [0, 0.1) is 0 Å². The summed E-state index contributed by atoms with van der Waals surface area (Å²) < 4.78 is 0.